The van der Waals surface area contributed by atoms with Crippen molar-refractivity contribution < 1.29 is 19.4 Å². The van der Waals surface area contributed by atoms with Crippen LogP contribution in [0.3, 0.4) is 0 Å². The number of carbonyl (C=O) groups excluding carboxylic acids is 1. The first kappa shape index (κ1) is 14.2. The molecule has 1 fully saturated rings. The molecular formula is C12H16O4. The summed E-state index contributed by atoms with van der Waals surface area (Å²) >= 11 is 0. The summed E-state index contributed by atoms with van der Waals surface area (Å²) in [5.41, 5.74) is -0.166. The highest BCUT2D eigenvalue weighted by Gasteiger charge is 2.43. The zero-order chi connectivity index (χ0) is 12.8. The van der Waals surface area contributed by atoms with Gasteiger partial charge in [-0.1, -0.05) is 19.7 Å². The third kappa shape index (κ3) is 5.14. The number of hydrogen-bond acceptors (Lipinski definition) is 3. The summed E-state index contributed by atoms with van der Waals surface area (Å²) < 4.78 is 4.97. The molecule has 0 spiro atoms. The maximum atomic E-state index is 10.6. The summed E-state index contributed by atoms with van der Waals surface area (Å²) in [7, 11) is 0. The van der Waals surface area contributed by atoms with Gasteiger partial charge in [0.25, 0.3) is 0 Å². The molecule has 0 aromatic heterocycles. The van der Waals surface area contributed by atoms with E-state index in [2.05, 4.69) is 19.7 Å². The Bertz CT molecular complexity index is 312. The van der Waals surface area contributed by atoms with Crippen molar-refractivity contribution in [2.24, 2.45) is 0 Å². The van der Waals surface area contributed by atoms with Gasteiger partial charge in [0, 0.05) is 11.6 Å². The van der Waals surface area contributed by atoms with Crippen LogP contribution >= 0.6 is 0 Å². The molecule has 0 amide bonds. The molecule has 0 heterocycles. The van der Waals surface area contributed by atoms with Gasteiger partial charge in [0.15, 0.2) is 0 Å². The Morgan fingerprint density at radius 1 is 1.38 bits per heavy atom. The lowest BCUT2D eigenvalue weighted by Crippen LogP contribution is -2.14. The zero-order valence-corrected chi connectivity index (χ0v) is 9.36. The molecule has 16 heavy (non-hydrogen) atoms. The smallest absolute Gasteiger partial charge is 0.331 e. The lowest BCUT2D eigenvalue weighted by Gasteiger charge is -2.08. The number of aliphatic carboxylic acids is 1. The van der Waals surface area contributed by atoms with Crippen LogP contribution in [-0.4, -0.2) is 22.6 Å². The molecule has 0 atom stereocenters. The zero-order valence-electron chi connectivity index (χ0n) is 9.36. The second kappa shape index (κ2) is 5.90. The van der Waals surface area contributed by atoms with Crippen molar-refractivity contribution in [3.8, 4) is 0 Å². The average molecular weight is 224 g/mol. The number of carboxylic acid groups (broad SMARTS) is 1. The monoisotopic (exact) mass is 224 g/mol. The van der Waals surface area contributed by atoms with E-state index in [0.29, 0.717) is 0 Å². The summed E-state index contributed by atoms with van der Waals surface area (Å²) in [6.07, 6.45) is 4.64. The summed E-state index contributed by atoms with van der Waals surface area (Å²) in [5, 5.41) is 7.89. The van der Waals surface area contributed by atoms with Crippen molar-refractivity contribution in [2.45, 2.75) is 25.4 Å². The predicted octanol–water partition coefficient (Wildman–Crippen LogP) is 2.08. The van der Waals surface area contributed by atoms with Crippen molar-refractivity contribution in [3.05, 3.63) is 37.5 Å². The minimum absolute atomic E-state index is 0.176. The average Bonchev–Trinajstić information content (AvgIpc) is 2.99. The molecule has 0 radical (unpaired) electrons. The van der Waals surface area contributed by atoms with Crippen LogP contribution in [0.2, 0.25) is 0 Å². The summed E-state index contributed by atoms with van der Waals surface area (Å²) in [4.78, 5) is 20.2. The van der Waals surface area contributed by atoms with Crippen molar-refractivity contribution in [3.63, 3.8) is 0 Å². The van der Waals surface area contributed by atoms with Gasteiger partial charge in [-0.15, -0.1) is 0 Å². The topological polar surface area (TPSA) is 63.6 Å². The Kier molecular flexibility index (Phi) is 5.22. The van der Waals surface area contributed by atoms with Gasteiger partial charge < -0.3 is 9.84 Å². The van der Waals surface area contributed by atoms with Crippen LogP contribution in [0.5, 0.6) is 0 Å². The third-order valence-corrected chi connectivity index (χ3v) is 1.95. The molecule has 0 bridgehead atoms. The predicted molar refractivity (Wildman–Crippen MR) is 60.9 cm³/mol. The summed E-state index contributed by atoms with van der Waals surface area (Å²) in [6, 6.07) is 0. The molecule has 4 heteroatoms. The normalized spacial score (nSPS) is 14.8. The van der Waals surface area contributed by atoms with E-state index in [4.69, 9.17) is 9.84 Å². The maximum absolute atomic E-state index is 10.6. The van der Waals surface area contributed by atoms with E-state index in [-0.39, 0.29) is 17.1 Å². The largest absolute Gasteiger partial charge is 0.478 e. The lowest BCUT2D eigenvalue weighted by molar-refractivity contribution is -0.142. The van der Waals surface area contributed by atoms with E-state index in [1.807, 2.05) is 0 Å². The first-order chi connectivity index (χ1) is 7.37. The van der Waals surface area contributed by atoms with Crippen LogP contribution in [0.1, 0.15) is 19.8 Å². The number of ether oxygens (including phenoxy) is 1. The minimum atomic E-state index is -0.935. The molecular weight excluding hydrogens is 208 g/mol. The van der Waals surface area contributed by atoms with Crippen LogP contribution in [0.25, 0.3) is 0 Å². The van der Waals surface area contributed by atoms with Crippen LogP contribution in [-0.2, 0) is 14.3 Å². The Hall–Kier alpha value is -1.84. The van der Waals surface area contributed by atoms with Crippen LogP contribution in [0, 0.1) is 0 Å². The van der Waals surface area contributed by atoms with Gasteiger partial charge >= 0.3 is 11.9 Å². The van der Waals surface area contributed by atoms with Gasteiger partial charge in [-0.25, -0.2) is 9.59 Å². The fourth-order valence-electron chi connectivity index (χ4n) is 0.713. The second-order valence-corrected chi connectivity index (χ2v) is 3.48. The van der Waals surface area contributed by atoms with Gasteiger partial charge in [-0.05, 0) is 25.8 Å². The number of carboxylic acids is 1. The minimum Gasteiger partial charge on any atom is -0.478 e. The van der Waals surface area contributed by atoms with Crippen LogP contribution < -0.4 is 0 Å². The Morgan fingerprint density at radius 2 is 1.81 bits per heavy atom. The molecule has 1 rings (SSSR count). The quantitative estimate of drug-likeness (QED) is 0.451. The fourth-order valence-corrected chi connectivity index (χ4v) is 0.713. The van der Waals surface area contributed by atoms with E-state index in [9.17, 15) is 9.59 Å². The Labute approximate surface area is 94.9 Å². The number of rotatable bonds is 4. The van der Waals surface area contributed by atoms with Gasteiger partial charge in [-0.2, -0.15) is 0 Å². The Balaban J connectivity index is 0.000000325. The van der Waals surface area contributed by atoms with Gasteiger partial charge in [0.2, 0.25) is 0 Å². The summed E-state index contributed by atoms with van der Waals surface area (Å²) in [5.74, 6) is -1.30. The fraction of sp³-hybridized carbons (Fsp3) is 0.333. The molecule has 1 saturated carbocycles. The van der Waals surface area contributed by atoms with Gasteiger partial charge in [-0.3, -0.25) is 0 Å². The first-order valence-corrected chi connectivity index (χ1v) is 4.74. The number of carbonyl (C=O) groups is 2. The molecule has 0 unspecified atom stereocenters. The number of hydrogen-bond donors (Lipinski definition) is 1. The van der Waals surface area contributed by atoms with Crippen LogP contribution in [0.4, 0.5) is 0 Å². The van der Waals surface area contributed by atoms with E-state index in [1.165, 1.54) is 13.0 Å². The van der Waals surface area contributed by atoms with Crippen LogP contribution in [0.15, 0.2) is 37.5 Å². The van der Waals surface area contributed by atoms with E-state index in [0.717, 1.165) is 12.8 Å². The van der Waals surface area contributed by atoms with E-state index in [1.54, 1.807) is 6.08 Å². The molecule has 1 aliphatic carbocycles. The van der Waals surface area contributed by atoms with E-state index < -0.39 is 5.97 Å². The third-order valence-electron chi connectivity index (χ3n) is 1.95. The SMILES string of the molecule is C=C(C)C(=O)O.C=CC(=O)OC1(C=C)CC1. The second-order valence-electron chi connectivity index (χ2n) is 3.48. The van der Waals surface area contributed by atoms with Crippen molar-refractivity contribution >= 4 is 11.9 Å². The maximum Gasteiger partial charge on any atom is 0.331 e. The highest BCUT2D eigenvalue weighted by Crippen LogP contribution is 2.40. The van der Waals surface area contributed by atoms with Crippen molar-refractivity contribution in [1.82, 2.24) is 0 Å². The number of esters is 1. The van der Waals surface area contributed by atoms with Crippen molar-refractivity contribution in [2.75, 3.05) is 0 Å². The highest BCUT2D eigenvalue weighted by atomic mass is 16.6. The molecule has 0 saturated heterocycles. The van der Waals surface area contributed by atoms with E-state index >= 15 is 0 Å². The molecule has 0 aromatic rings. The molecule has 1 N–H and O–H groups in total. The first-order valence-electron chi connectivity index (χ1n) is 4.74. The molecule has 0 aromatic carbocycles. The molecule has 0 aliphatic heterocycles. The molecule has 1 aliphatic rings. The van der Waals surface area contributed by atoms with Crippen molar-refractivity contribution in [1.29, 1.82) is 0 Å². The molecule has 4 nitrogen and oxygen atoms in total. The van der Waals surface area contributed by atoms with Gasteiger partial charge in [0.1, 0.15) is 5.60 Å². The lowest BCUT2D eigenvalue weighted by atomic mass is 10.3. The Morgan fingerprint density at radius 3 is 2.00 bits per heavy atom. The standard InChI is InChI=1S/C8H10O2.C4H6O2/c1-3-7(9)10-8(4-2)5-6-8;1-3(2)4(5)6/h3-4H,1-2,5-6H2;1H2,2H3,(H,5,6). The summed E-state index contributed by atoms with van der Waals surface area (Å²) in [6.45, 7) is 11.5. The molecule has 88 valence electrons. The highest BCUT2D eigenvalue weighted by molar-refractivity contribution is 5.84. The van der Waals surface area contributed by atoms with Gasteiger partial charge in [0.05, 0.1) is 0 Å².